The number of hydrogen-bond donors (Lipinski definition) is 0. The van der Waals surface area contributed by atoms with E-state index in [-0.39, 0.29) is 0 Å². The Hall–Kier alpha value is -0.550. The Morgan fingerprint density at radius 3 is 2.56 bits per heavy atom. The van der Waals surface area contributed by atoms with Gasteiger partial charge in [0.1, 0.15) is 0 Å². The van der Waals surface area contributed by atoms with Crippen molar-refractivity contribution in [3.8, 4) is 0 Å². The van der Waals surface area contributed by atoms with Crippen molar-refractivity contribution in [1.29, 1.82) is 0 Å². The van der Waals surface area contributed by atoms with Gasteiger partial charge in [0.05, 0.1) is 21.5 Å². The first-order valence-corrected chi connectivity index (χ1v) is 7.60. The average molecular weight is 375 g/mol. The Morgan fingerprint density at radius 1 is 1.22 bits per heavy atom. The van der Waals surface area contributed by atoms with Gasteiger partial charge in [-0.15, -0.1) is 0 Å². The molecule has 1 aromatic heterocycles. The minimum Gasteiger partial charge on any atom is -0.264 e. The van der Waals surface area contributed by atoms with Crippen molar-refractivity contribution in [2.45, 2.75) is 33.2 Å². The summed E-state index contributed by atoms with van der Waals surface area (Å²) in [5.41, 5.74) is 3.60. The van der Waals surface area contributed by atoms with E-state index in [4.69, 9.17) is 11.6 Å². The van der Waals surface area contributed by atoms with E-state index in [9.17, 15) is 0 Å². The summed E-state index contributed by atoms with van der Waals surface area (Å²) in [6, 6.07) is 7.96. The molecule has 0 aliphatic heterocycles. The number of halogens is 2. The molecule has 1 heterocycles. The molecule has 4 heteroatoms. The normalized spacial score (nSPS) is 10.9. The van der Waals surface area contributed by atoms with E-state index in [0.29, 0.717) is 0 Å². The summed E-state index contributed by atoms with van der Waals surface area (Å²) >= 11 is 8.60. The monoisotopic (exact) mass is 374 g/mol. The minimum absolute atomic E-state index is 0.749. The summed E-state index contributed by atoms with van der Waals surface area (Å²) in [6.07, 6.45) is 1.97. The molecule has 0 radical (unpaired) electrons. The van der Waals surface area contributed by atoms with Gasteiger partial charge in [-0.1, -0.05) is 43.6 Å². The van der Waals surface area contributed by atoms with Gasteiger partial charge < -0.3 is 0 Å². The van der Waals surface area contributed by atoms with E-state index in [2.05, 4.69) is 52.3 Å². The molecule has 0 bridgehead atoms. The van der Waals surface area contributed by atoms with Crippen molar-refractivity contribution < 1.29 is 0 Å². The zero-order chi connectivity index (χ0) is 13.1. The Bertz CT molecular complexity index is 549. The largest absolute Gasteiger partial charge is 0.264 e. The van der Waals surface area contributed by atoms with Crippen LogP contribution in [0.3, 0.4) is 0 Å². The summed E-state index contributed by atoms with van der Waals surface area (Å²) in [5, 5.41) is 5.49. The van der Waals surface area contributed by atoms with Crippen LogP contribution in [-0.2, 0) is 19.4 Å². The lowest BCUT2D eigenvalue weighted by Gasteiger charge is -2.07. The van der Waals surface area contributed by atoms with Crippen molar-refractivity contribution >= 4 is 34.2 Å². The van der Waals surface area contributed by atoms with Crippen molar-refractivity contribution in [3.63, 3.8) is 0 Å². The molecule has 1 aromatic carbocycles. The number of aryl methyl sites for hydroxylation is 1. The summed E-state index contributed by atoms with van der Waals surface area (Å²) in [4.78, 5) is 0. The van der Waals surface area contributed by atoms with Crippen molar-refractivity contribution in [2.24, 2.45) is 0 Å². The second-order valence-corrected chi connectivity index (χ2v) is 5.65. The number of hydrogen-bond acceptors (Lipinski definition) is 1. The van der Waals surface area contributed by atoms with E-state index in [1.54, 1.807) is 0 Å². The first-order chi connectivity index (χ1) is 8.67. The number of aromatic nitrogens is 2. The van der Waals surface area contributed by atoms with Crippen LogP contribution in [0.5, 0.6) is 0 Å². The van der Waals surface area contributed by atoms with Crippen LogP contribution in [0, 0.1) is 3.57 Å². The lowest BCUT2D eigenvalue weighted by atomic mass is 10.2. The van der Waals surface area contributed by atoms with Gasteiger partial charge in [-0.3, -0.25) is 4.68 Å². The van der Waals surface area contributed by atoms with Crippen LogP contribution in [0.2, 0.25) is 5.02 Å². The predicted molar refractivity (Wildman–Crippen MR) is 84.3 cm³/mol. The summed E-state index contributed by atoms with van der Waals surface area (Å²) in [7, 11) is 0. The van der Waals surface area contributed by atoms with Gasteiger partial charge in [-0.05, 0) is 47.1 Å². The molecule has 0 unspecified atom stereocenters. The highest BCUT2D eigenvalue weighted by molar-refractivity contribution is 14.1. The van der Waals surface area contributed by atoms with Crippen LogP contribution < -0.4 is 0 Å². The first-order valence-electron chi connectivity index (χ1n) is 6.14. The van der Waals surface area contributed by atoms with E-state index >= 15 is 0 Å². The fourth-order valence-electron chi connectivity index (χ4n) is 2.01. The van der Waals surface area contributed by atoms with Gasteiger partial charge in [0.2, 0.25) is 0 Å². The van der Waals surface area contributed by atoms with Crippen LogP contribution in [0.15, 0.2) is 24.3 Å². The Balaban J connectivity index is 2.37. The van der Waals surface area contributed by atoms with Crippen LogP contribution >= 0.6 is 34.2 Å². The SMILES string of the molecule is CCc1nn(Cc2ccccc2Cl)c(CC)c1I. The molecule has 0 amide bonds. The first kappa shape index (κ1) is 13.9. The maximum atomic E-state index is 6.21. The van der Waals surface area contributed by atoms with Gasteiger partial charge in [-0.25, -0.2) is 0 Å². The van der Waals surface area contributed by atoms with Crippen molar-refractivity contribution in [3.05, 3.63) is 49.8 Å². The van der Waals surface area contributed by atoms with Gasteiger partial charge in [-0.2, -0.15) is 5.10 Å². The third kappa shape index (κ3) is 2.72. The maximum absolute atomic E-state index is 6.21. The molecule has 0 N–H and O–H groups in total. The average Bonchev–Trinajstić information content (AvgIpc) is 2.68. The standard InChI is InChI=1S/C14H16ClIN2/c1-3-12-14(16)13(4-2)18(17-12)9-10-7-5-6-8-11(10)15/h5-8H,3-4,9H2,1-2H3. The molecular formula is C14H16ClIN2. The zero-order valence-corrected chi connectivity index (χ0v) is 13.5. The second-order valence-electron chi connectivity index (χ2n) is 4.16. The van der Waals surface area contributed by atoms with Crippen LogP contribution in [0.4, 0.5) is 0 Å². The van der Waals surface area contributed by atoms with Gasteiger partial charge in [0.15, 0.2) is 0 Å². The molecule has 2 rings (SSSR count). The quantitative estimate of drug-likeness (QED) is 0.729. The fraction of sp³-hybridized carbons (Fsp3) is 0.357. The number of benzene rings is 1. The highest BCUT2D eigenvalue weighted by atomic mass is 127. The molecule has 2 nitrogen and oxygen atoms in total. The molecule has 0 aliphatic rings. The van der Waals surface area contributed by atoms with Crippen molar-refractivity contribution in [2.75, 3.05) is 0 Å². The third-order valence-corrected chi connectivity index (χ3v) is 4.62. The van der Waals surface area contributed by atoms with E-state index in [1.165, 1.54) is 15.0 Å². The summed E-state index contributed by atoms with van der Waals surface area (Å²) in [6.45, 7) is 5.06. The lowest BCUT2D eigenvalue weighted by molar-refractivity contribution is 0.640. The van der Waals surface area contributed by atoms with Crippen LogP contribution in [0.25, 0.3) is 0 Å². The smallest absolute Gasteiger partial charge is 0.0758 e. The molecule has 0 aliphatic carbocycles. The topological polar surface area (TPSA) is 17.8 Å². The van der Waals surface area contributed by atoms with Crippen LogP contribution in [-0.4, -0.2) is 9.78 Å². The van der Waals surface area contributed by atoms with Crippen LogP contribution in [0.1, 0.15) is 30.8 Å². The Morgan fingerprint density at radius 2 is 1.94 bits per heavy atom. The molecule has 0 spiro atoms. The number of rotatable bonds is 4. The molecule has 0 saturated carbocycles. The molecular weight excluding hydrogens is 359 g/mol. The van der Waals surface area contributed by atoms with E-state index in [1.807, 2.05) is 18.2 Å². The molecule has 18 heavy (non-hydrogen) atoms. The van der Waals surface area contributed by atoms with Gasteiger partial charge >= 0.3 is 0 Å². The molecule has 0 fully saturated rings. The second kappa shape index (κ2) is 6.06. The van der Waals surface area contributed by atoms with E-state index < -0.39 is 0 Å². The predicted octanol–water partition coefficient (Wildman–Crippen LogP) is 4.31. The Labute approximate surface area is 126 Å². The fourth-order valence-corrected chi connectivity index (χ4v) is 3.36. The lowest BCUT2D eigenvalue weighted by Crippen LogP contribution is -2.06. The van der Waals surface area contributed by atoms with E-state index in [0.717, 1.165) is 30.0 Å². The number of nitrogens with zero attached hydrogens (tertiary/aromatic N) is 2. The summed E-state index contributed by atoms with van der Waals surface area (Å²) in [5.74, 6) is 0. The summed E-state index contributed by atoms with van der Waals surface area (Å²) < 4.78 is 3.38. The third-order valence-electron chi connectivity index (χ3n) is 3.01. The molecule has 96 valence electrons. The Kier molecular flexibility index (Phi) is 4.67. The highest BCUT2D eigenvalue weighted by Crippen LogP contribution is 2.22. The van der Waals surface area contributed by atoms with Crippen molar-refractivity contribution in [1.82, 2.24) is 9.78 Å². The van der Waals surface area contributed by atoms with Gasteiger partial charge in [0, 0.05) is 5.02 Å². The molecule has 0 saturated heterocycles. The molecule has 2 aromatic rings. The minimum atomic E-state index is 0.749. The highest BCUT2D eigenvalue weighted by Gasteiger charge is 2.13. The zero-order valence-electron chi connectivity index (χ0n) is 10.6. The maximum Gasteiger partial charge on any atom is 0.0758 e. The molecule has 0 atom stereocenters. The van der Waals surface area contributed by atoms with Gasteiger partial charge in [0.25, 0.3) is 0 Å².